The van der Waals surface area contributed by atoms with Gasteiger partial charge in [0.25, 0.3) is 0 Å². The summed E-state index contributed by atoms with van der Waals surface area (Å²) in [5.74, 6) is -1.46. The number of pyridine rings is 1. The first-order chi connectivity index (χ1) is 8.14. The van der Waals surface area contributed by atoms with Gasteiger partial charge in [0.15, 0.2) is 0 Å². The summed E-state index contributed by atoms with van der Waals surface area (Å²) in [6.07, 6.45) is -1.23. The third-order valence-electron chi connectivity index (χ3n) is 2.22. The third kappa shape index (κ3) is 2.73. The zero-order chi connectivity index (χ0) is 14.1. The molecule has 1 aromatic heterocycles. The molecule has 1 aromatic rings. The van der Waals surface area contributed by atoms with Crippen molar-refractivity contribution in [2.24, 2.45) is 5.73 Å². The van der Waals surface area contributed by atoms with Crippen molar-refractivity contribution in [3.63, 3.8) is 0 Å². The lowest BCUT2D eigenvalue weighted by Crippen LogP contribution is -2.45. The first-order valence-electron chi connectivity index (χ1n) is 5.18. The number of halogens is 1. The largest absolute Gasteiger partial charge is 0.465 e. The Morgan fingerprint density at radius 1 is 1.50 bits per heavy atom. The zero-order valence-electron chi connectivity index (χ0n) is 10.4. The number of hydrogen-bond donors (Lipinski definition) is 3. The number of carbonyl (C=O) groups is 1. The molecule has 1 amide bonds. The fraction of sp³-hybridized carbons (Fsp3) is 0.364. The number of nitrogens with zero attached hydrogens (tertiary/aromatic N) is 2. The van der Waals surface area contributed by atoms with E-state index in [0.29, 0.717) is 0 Å². The van der Waals surface area contributed by atoms with E-state index in [1.807, 2.05) is 0 Å². The van der Waals surface area contributed by atoms with Gasteiger partial charge >= 0.3 is 6.09 Å². The lowest BCUT2D eigenvalue weighted by atomic mass is 10.1. The van der Waals surface area contributed by atoms with Crippen molar-refractivity contribution in [1.29, 1.82) is 5.41 Å². The molecule has 1 heterocycles. The van der Waals surface area contributed by atoms with Crippen LogP contribution in [-0.2, 0) is 0 Å². The van der Waals surface area contributed by atoms with Gasteiger partial charge in [-0.3, -0.25) is 10.3 Å². The van der Waals surface area contributed by atoms with Crippen molar-refractivity contribution < 1.29 is 14.3 Å². The molecule has 0 aromatic carbocycles. The molecule has 0 atom stereocenters. The standard InChI is InChI=1S/C11H15FN4O2/c1-11(2,3)16(10(17)18)7-5-4-6(9(13)14)8(12)15-7/h4-5H,1-3H3,(H3,13,14)(H,17,18). The van der Waals surface area contributed by atoms with Crippen LogP contribution in [0.15, 0.2) is 12.1 Å². The van der Waals surface area contributed by atoms with E-state index in [0.717, 1.165) is 4.90 Å². The molecule has 0 aliphatic heterocycles. The van der Waals surface area contributed by atoms with E-state index in [4.69, 9.17) is 16.2 Å². The van der Waals surface area contributed by atoms with E-state index in [1.54, 1.807) is 20.8 Å². The highest BCUT2D eigenvalue weighted by Crippen LogP contribution is 2.23. The van der Waals surface area contributed by atoms with Gasteiger partial charge in [-0.25, -0.2) is 9.78 Å². The predicted molar refractivity (Wildman–Crippen MR) is 65.5 cm³/mol. The van der Waals surface area contributed by atoms with Gasteiger partial charge in [-0.05, 0) is 32.9 Å². The number of rotatable bonds is 2. The molecular weight excluding hydrogens is 239 g/mol. The second kappa shape index (κ2) is 4.59. The monoisotopic (exact) mass is 254 g/mol. The molecule has 0 aliphatic carbocycles. The molecule has 98 valence electrons. The maximum Gasteiger partial charge on any atom is 0.413 e. The summed E-state index contributed by atoms with van der Waals surface area (Å²) in [5.41, 5.74) is 4.24. The molecule has 0 radical (unpaired) electrons. The molecule has 0 bridgehead atoms. The summed E-state index contributed by atoms with van der Waals surface area (Å²) in [7, 11) is 0. The number of anilines is 1. The summed E-state index contributed by atoms with van der Waals surface area (Å²) in [4.78, 5) is 15.7. The quantitative estimate of drug-likeness (QED) is 0.425. The number of hydrogen-bond acceptors (Lipinski definition) is 3. The number of nitrogen functional groups attached to an aromatic ring is 1. The molecule has 0 fully saturated rings. The van der Waals surface area contributed by atoms with Crippen LogP contribution in [0.3, 0.4) is 0 Å². The molecule has 18 heavy (non-hydrogen) atoms. The molecule has 0 spiro atoms. The van der Waals surface area contributed by atoms with E-state index < -0.39 is 23.4 Å². The SMILES string of the molecule is CC(C)(C)N(C(=O)O)c1ccc(C(=N)N)c(F)n1. The Morgan fingerprint density at radius 3 is 2.39 bits per heavy atom. The van der Waals surface area contributed by atoms with Crippen LogP contribution in [-0.4, -0.2) is 27.6 Å². The van der Waals surface area contributed by atoms with Crippen molar-refractivity contribution in [3.8, 4) is 0 Å². The number of amidine groups is 1. The van der Waals surface area contributed by atoms with Crippen LogP contribution in [0.1, 0.15) is 26.3 Å². The van der Waals surface area contributed by atoms with E-state index >= 15 is 0 Å². The Labute approximate surface area is 104 Å². The minimum Gasteiger partial charge on any atom is -0.465 e. The van der Waals surface area contributed by atoms with Gasteiger partial charge in [0.05, 0.1) is 5.56 Å². The fourth-order valence-electron chi connectivity index (χ4n) is 1.48. The van der Waals surface area contributed by atoms with E-state index in [2.05, 4.69) is 4.98 Å². The number of nitrogens with one attached hydrogen (secondary N) is 1. The van der Waals surface area contributed by atoms with Gasteiger partial charge in [-0.2, -0.15) is 4.39 Å². The van der Waals surface area contributed by atoms with Crippen LogP contribution in [0, 0.1) is 11.4 Å². The minimum atomic E-state index is -1.23. The summed E-state index contributed by atoms with van der Waals surface area (Å²) < 4.78 is 13.6. The Balaban J connectivity index is 3.28. The molecule has 0 saturated carbocycles. The van der Waals surface area contributed by atoms with Crippen LogP contribution in [0.5, 0.6) is 0 Å². The lowest BCUT2D eigenvalue weighted by Gasteiger charge is -2.32. The average Bonchev–Trinajstić information content (AvgIpc) is 2.13. The van der Waals surface area contributed by atoms with E-state index in [9.17, 15) is 9.18 Å². The van der Waals surface area contributed by atoms with E-state index in [-0.39, 0.29) is 11.4 Å². The maximum absolute atomic E-state index is 13.6. The topological polar surface area (TPSA) is 103 Å². The Bertz CT molecular complexity index is 496. The van der Waals surface area contributed by atoms with E-state index in [1.165, 1.54) is 12.1 Å². The van der Waals surface area contributed by atoms with Gasteiger partial charge in [0, 0.05) is 5.54 Å². The normalized spacial score (nSPS) is 11.1. The van der Waals surface area contributed by atoms with Crippen molar-refractivity contribution >= 4 is 17.7 Å². The molecule has 0 saturated heterocycles. The second-order valence-corrected chi connectivity index (χ2v) is 4.71. The predicted octanol–water partition coefficient (Wildman–Crippen LogP) is 1.79. The van der Waals surface area contributed by atoms with Gasteiger partial charge in [0.1, 0.15) is 11.7 Å². The Kier molecular flexibility index (Phi) is 3.54. The van der Waals surface area contributed by atoms with Crippen LogP contribution in [0.2, 0.25) is 0 Å². The second-order valence-electron chi connectivity index (χ2n) is 4.71. The third-order valence-corrected chi connectivity index (χ3v) is 2.22. The van der Waals surface area contributed by atoms with Crippen molar-refractivity contribution in [1.82, 2.24) is 4.98 Å². The van der Waals surface area contributed by atoms with Gasteiger partial charge in [-0.1, -0.05) is 0 Å². The van der Waals surface area contributed by atoms with Crippen molar-refractivity contribution in [2.45, 2.75) is 26.3 Å². The fourth-order valence-corrected chi connectivity index (χ4v) is 1.48. The number of carboxylic acid groups (broad SMARTS) is 1. The highest BCUT2D eigenvalue weighted by molar-refractivity contribution is 5.95. The first-order valence-corrected chi connectivity index (χ1v) is 5.18. The minimum absolute atomic E-state index is 0.0440. The smallest absolute Gasteiger partial charge is 0.413 e. The van der Waals surface area contributed by atoms with Crippen LogP contribution in [0.4, 0.5) is 15.0 Å². The highest BCUT2D eigenvalue weighted by atomic mass is 19.1. The molecule has 0 aliphatic rings. The number of aromatic nitrogens is 1. The first kappa shape index (κ1) is 13.9. The molecule has 7 heteroatoms. The summed E-state index contributed by atoms with van der Waals surface area (Å²) in [5, 5.41) is 16.3. The van der Waals surface area contributed by atoms with Gasteiger partial charge in [-0.15, -0.1) is 0 Å². The molecular formula is C11H15FN4O2. The molecule has 1 rings (SSSR count). The molecule has 6 nitrogen and oxygen atoms in total. The van der Waals surface area contributed by atoms with Crippen molar-refractivity contribution in [3.05, 3.63) is 23.6 Å². The molecule has 4 N–H and O–H groups in total. The van der Waals surface area contributed by atoms with Crippen LogP contribution in [0.25, 0.3) is 0 Å². The lowest BCUT2D eigenvalue weighted by molar-refractivity contribution is 0.195. The van der Waals surface area contributed by atoms with Gasteiger partial charge < -0.3 is 10.8 Å². The Morgan fingerprint density at radius 2 is 2.06 bits per heavy atom. The molecule has 0 unspecified atom stereocenters. The summed E-state index contributed by atoms with van der Waals surface area (Å²) in [6.45, 7) is 5.00. The zero-order valence-corrected chi connectivity index (χ0v) is 10.4. The summed E-state index contributed by atoms with van der Waals surface area (Å²) in [6, 6.07) is 2.56. The Hall–Kier alpha value is -2.18. The average molecular weight is 254 g/mol. The highest BCUT2D eigenvalue weighted by Gasteiger charge is 2.29. The maximum atomic E-state index is 13.6. The van der Waals surface area contributed by atoms with Crippen LogP contribution < -0.4 is 10.6 Å². The number of amides is 1. The van der Waals surface area contributed by atoms with Gasteiger partial charge in [0.2, 0.25) is 5.95 Å². The van der Waals surface area contributed by atoms with Crippen LogP contribution >= 0.6 is 0 Å². The summed E-state index contributed by atoms with van der Waals surface area (Å²) >= 11 is 0. The van der Waals surface area contributed by atoms with Crippen molar-refractivity contribution in [2.75, 3.05) is 4.90 Å². The number of nitrogens with two attached hydrogens (primary N) is 1.